The third-order valence-corrected chi connectivity index (χ3v) is 4.26. The molecule has 0 amide bonds. The number of anilines is 2. The lowest BCUT2D eigenvalue weighted by atomic mass is 10.1. The first-order chi connectivity index (χ1) is 13.0. The van der Waals surface area contributed by atoms with Gasteiger partial charge in [-0.15, -0.1) is 0 Å². The summed E-state index contributed by atoms with van der Waals surface area (Å²) in [5, 5.41) is 3.18. The number of aromatic nitrogens is 2. The SMILES string of the molecule is CCCOC(=O)c1nc2cc(C)c(C)cc2nc1Nc1ccc(OC)cc1. The number of rotatable bonds is 6. The standard InChI is InChI=1S/C21H23N3O3/c1-5-10-27-21(25)19-20(22-15-6-8-16(26-4)9-7-15)24-18-12-14(3)13(2)11-17(18)23-19/h6-9,11-12H,5,10H2,1-4H3,(H,22,24). The maximum absolute atomic E-state index is 12.5. The first-order valence-corrected chi connectivity index (χ1v) is 8.89. The second-order valence-electron chi connectivity index (χ2n) is 6.34. The fourth-order valence-electron chi connectivity index (χ4n) is 2.62. The lowest BCUT2D eigenvalue weighted by Gasteiger charge is -2.13. The zero-order valence-electron chi connectivity index (χ0n) is 16.0. The van der Waals surface area contributed by atoms with Crippen LogP contribution in [0.1, 0.15) is 35.0 Å². The number of esters is 1. The minimum absolute atomic E-state index is 0.176. The Bertz CT molecular complexity index is 969. The van der Waals surface area contributed by atoms with E-state index in [9.17, 15) is 4.79 Å². The summed E-state index contributed by atoms with van der Waals surface area (Å²) >= 11 is 0. The molecule has 0 unspecified atom stereocenters. The molecule has 0 aliphatic heterocycles. The predicted molar refractivity (Wildman–Crippen MR) is 106 cm³/mol. The Kier molecular flexibility index (Phi) is 5.54. The summed E-state index contributed by atoms with van der Waals surface area (Å²) in [5.74, 6) is 0.635. The van der Waals surface area contributed by atoms with E-state index >= 15 is 0 Å². The highest BCUT2D eigenvalue weighted by Gasteiger charge is 2.18. The molecule has 140 valence electrons. The largest absolute Gasteiger partial charge is 0.497 e. The van der Waals surface area contributed by atoms with Gasteiger partial charge in [0.1, 0.15) is 5.75 Å². The minimum Gasteiger partial charge on any atom is -0.497 e. The highest BCUT2D eigenvalue weighted by Crippen LogP contribution is 2.25. The lowest BCUT2D eigenvalue weighted by Crippen LogP contribution is -2.13. The van der Waals surface area contributed by atoms with Gasteiger partial charge in [-0.05, 0) is 67.8 Å². The molecule has 1 aromatic heterocycles. The van der Waals surface area contributed by atoms with Crippen LogP contribution in [0.15, 0.2) is 36.4 Å². The van der Waals surface area contributed by atoms with Crippen LogP contribution >= 0.6 is 0 Å². The van der Waals surface area contributed by atoms with Crippen LogP contribution < -0.4 is 10.1 Å². The molecule has 2 aromatic carbocycles. The number of nitrogens with zero attached hydrogens (tertiary/aromatic N) is 2. The number of carbonyl (C=O) groups excluding carboxylic acids is 1. The summed E-state index contributed by atoms with van der Waals surface area (Å²) in [5.41, 5.74) is 4.56. The fourth-order valence-corrected chi connectivity index (χ4v) is 2.62. The molecular weight excluding hydrogens is 342 g/mol. The maximum Gasteiger partial charge on any atom is 0.360 e. The van der Waals surface area contributed by atoms with Crippen molar-refractivity contribution in [3.8, 4) is 5.75 Å². The van der Waals surface area contributed by atoms with Gasteiger partial charge in [0.25, 0.3) is 0 Å². The number of hydrogen-bond donors (Lipinski definition) is 1. The zero-order valence-corrected chi connectivity index (χ0v) is 16.0. The van der Waals surface area contributed by atoms with Gasteiger partial charge in [0.2, 0.25) is 0 Å². The van der Waals surface area contributed by atoms with Gasteiger partial charge in [0.05, 0.1) is 24.8 Å². The van der Waals surface area contributed by atoms with Crippen LogP contribution in [0, 0.1) is 13.8 Å². The molecule has 0 aliphatic rings. The van der Waals surface area contributed by atoms with Crippen molar-refractivity contribution >= 4 is 28.5 Å². The number of carbonyl (C=O) groups is 1. The first kappa shape index (κ1) is 18.6. The third-order valence-electron chi connectivity index (χ3n) is 4.26. The maximum atomic E-state index is 12.5. The van der Waals surface area contributed by atoms with E-state index in [1.807, 2.05) is 57.2 Å². The van der Waals surface area contributed by atoms with E-state index in [2.05, 4.69) is 15.3 Å². The number of ether oxygens (including phenoxy) is 2. The Morgan fingerprint density at radius 3 is 2.26 bits per heavy atom. The molecule has 3 rings (SSSR count). The van der Waals surface area contributed by atoms with Crippen molar-refractivity contribution in [3.63, 3.8) is 0 Å². The highest BCUT2D eigenvalue weighted by atomic mass is 16.5. The Hall–Kier alpha value is -3.15. The summed E-state index contributed by atoms with van der Waals surface area (Å²) in [7, 11) is 1.61. The molecule has 1 heterocycles. The van der Waals surface area contributed by atoms with Crippen molar-refractivity contribution in [2.75, 3.05) is 19.0 Å². The van der Waals surface area contributed by atoms with Gasteiger partial charge in [0.15, 0.2) is 11.5 Å². The quantitative estimate of drug-likeness (QED) is 0.645. The highest BCUT2D eigenvalue weighted by molar-refractivity contribution is 5.96. The number of fused-ring (bicyclic) bond motifs is 1. The molecule has 0 saturated carbocycles. The van der Waals surface area contributed by atoms with Crippen molar-refractivity contribution in [2.24, 2.45) is 0 Å². The van der Waals surface area contributed by atoms with Crippen molar-refractivity contribution in [1.82, 2.24) is 9.97 Å². The summed E-state index contributed by atoms with van der Waals surface area (Å²) in [6.07, 6.45) is 0.742. The van der Waals surface area contributed by atoms with Gasteiger partial charge in [-0.25, -0.2) is 14.8 Å². The molecule has 6 nitrogen and oxygen atoms in total. The third kappa shape index (κ3) is 4.16. The molecule has 1 N–H and O–H groups in total. The molecular formula is C21H23N3O3. The van der Waals surface area contributed by atoms with Crippen molar-refractivity contribution in [2.45, 2.75) is 27.2 Å². The Morgan fingerprint density at radius 1 is 1.04 bits per heavy atom. The molecule has 0 bridgehead atoms. The van der Waals surface area contributed by atoms with Crippen molar-refractivity contribution in [1.29, 1.82) is 0 Å². The van der Waals surface area contributed by atoms with E-state index in [0.717, 1.165) is 34.5 Å². The summed E-state index contributed by atoms with van der Waals surface area (Å²) in [6.45, 7) is 6.32. The average molecular weight is 365 g/mol. The second kappa shape index (κ2) is 8.03. The minimum atomic E-state index is -0.486. The number of hydrogen-bond acceptors (Lipinski definition) is 6. The second-order valence-corrected chi connectivity index (χ2v) is 6.34. The predicted octanol–water partition coefficient (Wildman–Crippen LogP) is 4.57. The van der Waals surface area contributed by atoms with Crippen molar-refractivity contribution in [3.05, 3.63) is 53.2 Å². The van der Waals surface area contributed by atoms with E-state index < -0.39 is 5.97 Å². The Balaban J connectivity index is 2.05. The normalized spacial score (nSPS) is 10.7. The molecule has 27 heavy (non-hydrogen) atoms. The van der Waals surface area contributed by atoms with Crippen LogP contribution in [0.5, 0.6) is 5.75 Å². The zero-order chi connectivity index (χ0) is 19.4. The van der Waals surface area contributed by atoms with Gasteiger partial charge in [-0.1, -0.05) is 6.92 Å². The van der Waals surface area contributed by atoms with Crippen LogP contribution in [-0.4, -0.2) is 29.7 Å². The van der Waals surface area contributed by atoms with Crippen LogP contribution in [0.2, 0.25) is 0 Å². The summed E-state index contributed by atoms with van der Waals surface area (Å²) in [6, 6.07) is 11.3. The van der Waals surface area contributed by atoms with E-state index in [-0.39, 0.29) is 5.69 Å². The molecule has 0 spiro atoms. The lowest BCUT2D eigenvalue weighted by molar-refractivity contribution is 0.0499. The average Bonchev–Trinajstić information content (AvgIpc) is 2.67. The van der Waals surface area contributed by atoms with E-state index in [1.54, 1.807) is 7.11 Å². The topological polar surface area (TPSA) is 73.3 Å². The number of nitrogens with one attached hydrogen (secondary N) is 1. The fraction of sp³-hybridized carbons (Fsp3) is 0.286. The molecule has 0 fully saturated rings. The van der Waals surface area contributed by atoms with Crippen LogP contribution in [0.4, 0.5) is 11.5 Å². The van der Waals surface area contributed by atoms with Crippen LogP contribution in [0.25, 0.3) is 11.0 Å². The first-order valence-electron chi connectivity index (χ1n) is 8.89. The number of methoxy groups -OCH3 is 1. The van der Waals surface area contributed by atoms with Gasteiger partial charge < -0.3 is 14.8 Å². The van der Waals surface area contributed by atoms with E-state index in [0.29, 0.717) is 17.9 Å². The van der Waals surface area contributed by atoms with Gasteiger partial charge in [-0.2, -0.15) is 0 Å². The molecule has 0 aliphatic carbocycles. The number of benzene rings is 2. The van der Waals surface area contributed by atoms with Gasteiger partial charge in [0, 0.05) is 5.69 Å². The number of aryl methyl sites for hydroxylation is 2. The summed E-state index contributed by atoms with van der Waals surface area (Å²) in [4.78, 5) is 21.7. The van der Waals surface area contributed by atoms with E-state index in [4.69, 9.17) is 9.47 Å². The Labute approximate surface area is 158 Å². The monoisotopic (exact) mass is 365 g/mol. The summed E-state index contributed by atoms with van der Waals surface area (Å²) < 4.78 is 10.5. The molecule has 0 saturated heterocycles. The van der Waals surface area contributed by atoms with Gasteiger partial charge in [-0.3, -0.25) is 0 Å². The molecule has 0 atom stereocenters. The van der Waals surface area contributed by atoms with Crippen LogP contribution in [0.3, 0.4) is 0 Å². The smallest absolute Gasteiger partial charge is 0.360 e. The Morgan fingerprint density at radius 2 is 1.67 bits per heavy atom. The molecule has 3 aromatic rings. The van der Waals surface area contributed by atoms with Crippen molar-refractivity contribution < 1.29 is 14.3 Å². The molecule has 0 radical (unpaired) electrons. The molecule has 6 heteroatoms. The van der Waals surface area contributed by atoms with E-state index in [1.165, 1.54) is 0 Å². The van der Waals surface area contributed by atoms with Crippen LogP contribution in [-0.2, 0) is 4.74 Å². The van der Waals surface area contributed by atoms with Gasteiger partial charge >= 0.3 is 5.97 Å².